The predicted molar refractivity (Wildman–Crippen MR) is 109 cm³/mol. The van der Waals surface area contributed by atoms with Gasteiger partial charge >= 0.3 is 17.1 Å². The molecule has 0 N–H and O–H groups in total. The minimum absolute atomic E-state index is 0.0805. The Balaban J connectivity index is 2.01. The first-order valence-electron chi connectivity index (χ1n) is 9.04. The number of fused-ring (bicyclic) bond motifs is 1. The lowest BCUT2D eigenvalue weighted by molar-refractivity contribution is -0.384. The lowest BCUT2D eigenvalue weighted by Gasteiger charge is -2.18. The zero-order valence-corrected chi connectivity index (χ0v) is 16.0. The van der Waals surface area contributed by atoms with Crippen molar-refractivity contribution in [3.63, 3.8) is 0 Å². The van der Waals surface area contributed by atoms with Gasteiger partial charge in [-0.25, -0.2) is 28.1 Å². The smallest absolute Gasteiger partial charge is 0.310 e. The van der Waals surface area contributed by atoms with Crippen LogP contribution in [-0.2, 0) is 30.8 Å². The summed E-state index contributed by atoms with van der Waals surface area (Å²) in [7, 11) is 0. The number of anilines is 1. The van der Waals surface area contributed by atoms with Crippen molar-refractivity contribution in [1.29, 1.82) is 0 Å². The van der Waals surface area contributed by atoms with Crippen molar-refractivity contribution >= 4 is 17.3 Å². The molecule has 0 atom stereocenters. The summed E-state index contributed by atoms with van der Waals surface area (Å²) in [6.07, 6.45) is 3.08. The van der Waals surface area contributed by atoms with Crippen LogP contribution in [0.25, 0.3) is 0 Å². The first-order chi connectivity index (χ1) is 14.3. The van der Waals surface area contributed by atoms with Crippen LogP contribution < -0.4 is 22.0 Å². The highest BCUT2D eigenvalue weighted by atomic mass is 16.6. The molecule has 0 fully saturated rings. The van der Waals surface area contributed by atoms with Crippen LogP contribution in [0.5, 0.6) is 0 Å². The summed E-state index contributed by atoms with van der Waals surface area (Å²) in [4.78, 5) is 62.4. The SMILES string of the molecule is C=CCn1c(=O)n(CC=C)c(=O)n(CC(=O)N2CCc3cc([N+](=O)[O-])ccc32)c1=O. The molecule has 1 amide bonds. The van der Waals surface area contributed by atoms with Gasteiger partial charge in [0.2, 0.25) is 5.91 Å². The van der Waals surface area contributed by atoms with E-state index in [2.05, 4.69) is 13.2 Å². The van der Waals surface area contributed by atoms with E-state index in [9.17, 15) is 29.3 Å². The Morgan fingerprint density at radius 1 is 1.03 bits per heavy atom. The highest BCUT2D eigenvalue weighted by Crippen LogP contribution is 2.31. The maximum Gasteiger partial charge on any atom is 0.337 e. The summed E-state index contributed by atoms with van der Waals surface area (Å²) in [5, 5.41) is 10.9. The molecule has 2 heterocycles. The van der Waals surface area contributed by atoms with E-state index < -0.39 is 34.4 Å². The molecule has 0 aliphatic carbocycles. The summed E-state index contributed by atoms with van der Waals surface area (Å²) in [5.74, 6) is -0.546. The van der Waals surface area contributed by atoms with Crippen LogP contribution in [0.2, 0.25) is 0 Å². The van der Waals surface area contributed by atoms with E-state index in [1.165, 1.54) is 35.3 Å². The van der Waals surface area contributed by atoms with E-state index in [1.54, 1.807) is 0 Å². The number of allylic oxidation sites excluding steroid dienone is 2. The molecule has 1 aliphatic rings. The number of carbonyl (C=O) groups is 1. The average molecular weight is 413 g/mol. The second-order valence-corrected chi connectivity index (χ2v) is 6.60. The van der Waals surface area contributed by atoms with Crippen LogP contribution in [0.4, 0.5) is 11.4 Å². The molecule has 11 nitrogen and oxygen atoms in total. The fraction of sp³-hybridized carbons (Fsp3) is 0.263. The van der Waals surface area contributed by atoms with Crippen LogP contribution >= 0.6 is 0 Å². The lowest BCUT2D eigenvalue weighted by atomic mass is 10.1. The highest BCUT2D eigenvalue weighted by molar-refractivity contribution is 5.95. The molecule has 0 bridgehead atoms. The van der Waals surface area contributed by atoms with E-state index in [-0.39, 0.29) is 25.3 Å². The zero-order valence-electron chi connectivity index (χ0n) is 16.0. The quantitative estimate of drug-likeness (QED) is 0.358. The van der Waals surface area contributed by atoms with Gasteiger partial charge in [-0.3, -0.25) is 14.9 Å². The Hall–Kier alpha value is -4.02. The molecular weight excluding hydrogens is 394 g/mol. The molecule has 0 saturated heterocycles. The van der Waals surface area contributed by atoms with Crippen LogP contribution in [0, 0.1) is 10.1 Å². The summed E-state index contributed by atoms with van der Waals surface area (Å²) in [5.41, 5.74) is -1.60. The standard InChI is InChI=1S/C19H19N5O6/c1-3-8-21-17(26)22(9-4-2)19(28)23(18(21)27)12-16(25)20-10-7-13-11-14(24(29)30)5-6-15(13)20/h3-6,11H,1-2,7-10,12H2. The summed E-state index contributed by atoms with van der Waals surface area (Å²) >= 11 is 0. The molecular formula is C19H19N5O6. The molecule has 3 rings (SSSR count). The van der Waals surface area contributed by atoms with Crippen molar-refractivity contribution in [1.82, 2.24) is 13.7 Å². The lowest BCUT2D eigenvalue weighted by Crippen LogP contribution is -2.55. The van der Waals surface area contributed by atoms with Gasteiger partial charge < -0.3 is 4.90 Å². The zero-order chi connectivity index (χ0) is 22.0. The minimum atomic E-state index is -0.915. The molecule has 0 unspecified atom stereocenters. The van der Waals surface area contributed by atoms with Gasteiger partial charge in [0, 0.05) is 24.4 Å². The topological polar surface area (TPSA) is 129 Å². The molecule has 1 aliphatic heterocycles. The highest BCUT2D eigenvalue weighted by Gasteiger charge is 2.28. The van der Waals surface area contributed by atoms with E-state index in [0.29, 0.717) is 22.2 Å². The van der Waals surface area contributed by atoms with Crippen molar-refractivity contribution < 1.29 is 9.72 Å². The Morgan fingerprint density at radius 2 is 1.60 bits per heavy atom. The number of carbonyl (C=O) groups excluding carboxylic acids is 1. The van der Waals surface area contributed by atoms with Crippen molar-refractivity contribution in [2.24, 2.45) is 0 Å². The number of aromatic nitrogens is 3. The number of rotatable bonds is 7. The predicted octanol–water partition coefficient (Wildman–Crippen LogP) is 0.0412. The average Bonchev–Trinajstić information content (AvgIpc) is 3.15. The summed E-state index contributed by atoms with van der Waals surface area (Å²) < 4.78 is 2.32. The Labute approximate surface area is 169 Å². The number of benzene rings is 1. The normalized spacial score (nSPS) is 12.5. The Morgan fingerprint density at radius 3 is 2.13 bits per heavy atom. The van der Waals surface area contributed by atoms with Crippen LogP contribution in [-0.4, -0.2) is 31.1 Å². The van der Waals surface area contributed by atoms with Crippen molar-refractivity contribution in [3.8, 4) is 0 Å². The fourth-order valence-electron chi connectivity index (χ4n) is 3.37. The van der Waals surface area contributed by atoms with Gasteiger partial charge in [-0.1, -0.05) is 12.2 Å². The number of non-ortho nitro benzene ring substituents is 1. The second-order valence-electron chi connectivity index (χ2n) is 6.60. The van der Waals surface area contributed by atoms with Crippen molar-refractivity contribution in [2.45, 2.75) is 26.1 Å². The summed E-state index contributed by atoms with van der Waals surface area (Å²) in [6, 6.07) is 4.16. The number of nitro benzene ring substituents is 1. The molecule has 11 heteroatoms. The summed E-state index contributed by atoms with van der Waals surface area (Å²) in [6.45, 7) is 6.42. The van der Waals surface area contributed by atoms with Crippen LogP contribution in [0.15, 0.2) is 57.9 Å². The van der Waals surface area contributed by atoms with Gasteiger partial charge in [-0.05, 0) is 18.1 Å². The number of hydrogen-bond acceptors (Lipinski definition) is 6. The Bertz CT molecular complexity index is 1190. The van der Waals surface area contributed by atoms with Crippen LogP contribution in [0.3, 0.4) is 0 Å². The van der Waals surface area contributed by atoms with Gasteiger partial charge in [0.15, 0.2) is 0 Å². The first-order valence-corrected chi connectivity index (χ1v) is 9.04. The first kappa shape index (κ1) is 20.7. The van der Waals surface area contributed by atoms with E-state index in [1.807, 2.05) is 0 Å². The van der Waals surface area contributed by atoms with Crippen molar-refractivity contribution in [2.75, 3.05) is 11.4 Å². The van der Waals surface area contributed by atoms with Gasteiger partial charge in [0.25, 0.3) is 5.69 Å². The molecule has 1 aromatic heterocycles. The number of hydrogen-bond donors (Lipinski definition) is 0. The molecule has 0 saturated carbocycles. The third-order valence-corrected chi connectivity index (χ3v) is 4.77. The van der Waals surface area contributed by atoms with E-state index >= 15 is 0 Å². The third kappa shape index (κ3) is 3.52. The molecule has 0 radical (unpaired) electrons. The maximum atomic E-state index is 12.9. The maximum absolute atomic E-state index is 12.9. The van der Waals surface area contributed by atoms with E-state index in [0.717, 1.165) is 9.13 Å². The molecule has 0 spiro atoms. The molecule has 30 heavy (non-hydrogen) atoms. The largest absolute Gasteiger partial charge is 0.337 e. The molecule has 156 valence electrons. The third-order valence-electron chi connectivity index (χ3n) is 4.77. The van der Waals surface area contributed by atoms with Gasteiger partial charge in [0.1, 0.15) is 6.54 Å². The number of amides is 1. The minimum Gasteiger partial charge on any atom is -0.310 e. The Kier molecular flexibility index (Phi) is 5.63. The monoisotopic (exact) mass is 413 g/mol. The van der Waals surface area contributed by atoms with E-state index in [4.69, 9.17) is 0 Å². The molecule has 2 aromatic rings. The van der Waals surface area contributed by atoms with Gasteiger partial charge in [0.05, 0.1) is 18.0 Å². The number of nitrogens with zero attached hydrogens (tertiary/aromatic N) is 5. The van der Waals surface area contributed by atoms with Crippen molar-refractivity contribution in [3.05, 3.63) is 90.6 Å². The number of nitro groups is 1. The van der Waals surface area contributed by atoms with Gasteiger partial charge in [-0.2, -0.15) is 0 Å². The van der Waals surface area contributed by atoms with Crippen LogP contribution in [0.1, 0.15) is 5.56 Å². The van der Waals surface area contributed by atoms with Gasteiger partial charge in [-0.15, -0.1) is 13.2 Å². The molecule has 1 aromatic carbocycles. The second kappa shape index (κ2) is 8.15. The fourth-order valence-corrected chi connectivity index (χ4v) is 3.37.